The number of fused-ring (bicyclic) bond motifs is 1. The second kappa shape index (κ2) is 11.6. The van der Waals surface area contributed by atoms with Gasteiger partial charge < -0.3 is 14.4 Å². The molecule has 0 unspecified atom stereocenters. The molecule has 0 atom stereocenters. The summed E-state index contributed by atoms with van der Waals surface area (Å²) in [6, 6.07) is 11.3. The molecule has 0 N–H and O–H groups in total. The van der Waals surface area contributed by atoms with E-state index in [-0.39, 0.29) is 5.69 Å². The highest BCUT2D eigenvalue weighted by Gasteiger charge is 2.17. The molecule has 0 saturated heterocycles. The quantitative estimate of drug-likeness (QED) is 0.139. The number of carbonyl (C=O) groups excluding carboxylic acids is 1. The average molecular weight is 557 g/mol. The van der Waals surface area contributed by atoms with Crippen LogP contribution in [-0.2, 0) is 16.2 Å². The summed E-state index contributed by atoms with van der Waals surface area (Å²) < 4.78 is 14.3. The Labute approximate surface area is 225 Å². The van der Waals surface area contributed by atoms with Crippen LogP contribution in [0.15, 0.2) is 40.7 Å². The van der Waals surface area contributed by atoms with E-state index in [4.69, 9.17) is 14.5 Å². The Morgan fingerprint density at radius 3 is 2.73 bits per heavy atom. The molecule has 196 valence electrons. The Kier molecular flexibility index (Phi) is 8.52. The van der Waals surface area contributed by atoms with Gasteiger partial charge in [0.05, 0.1) is 16.8 Å². The van der Waals surface area contributed by atoms with Crippen LogP contribution >= 0.6 is 22.7 Å². The van der Waals surface area contributed by atoms with Crippen molar-refractivity contribution in [1.82, 2.24) is 19.7 Å². The SMILES string of the molecule is CCOC(=O)c1csc(N(C)c2cc(C)c(/N=c3\sc4ccccc4n3COCC[Si](C)(C)C)nn2)n1. The fraction of sp³-hybridized carbons (Fsp3) is 0.400. The molecule has 4 rings (SSSR count). The van der Waals surface area contributed by atoms with Crippen molar-refractivity contribution in [1.29, 1.82) is 0 Å². The predicted octanol–water partition coefficient (Wildman–Crippen LogP) is 5.75. The van der Waals surface area contributed by atoms with E-state index in [0.717, 1.165) is 33.2 Å². The summed E-state index contributed by atoms with van der Waals surface area (Å²) in [5, 5.41) is 11.1. The number of aryl methyl sites for hydroxylation is 1. The van der Waals surface area contributed by atoms with Crippen molar-refractivity contribution in [3.8, 4) is 0 Å². The van der Waals surface area contributed by atoms with Gasteiger partial charge in [-0.05, 0) is 43.7 Å². The van der Waals surface area contributed by atoms with Crippen molar-refractivity contribution >= 4 is 63.7 Å². The number of thiazole rings is 2. The Hall–Kier alpha value is -2.93. The largest absolute Gasteiger partial charge is 0.461 e. The lowest BCUT2D eigenvalue weighted by molar-refractivity contribution is 0.0520. The number of rotatable bonds is 10. The van der Waals surface area contributed by atoms with Crippen LogP contribution in [0.1, 0.15) is 23.0 Å². The molecule has 37 heavy (non-hydrogen) atoms. The second-order valence-electron chi connectivity index (χ2n) is 9.74. The Morgan fingerprint density at radius 2 is 2.00 bits per heavy atom. The number of hydrogen-bond acceptors (Lipinski definition) is 10. The van der Waals surface area contributed by atoms with E-state index in [1.54, 1.807) is 28.5 Å². The topological polar surface area (TPSA) is 94.7 Å². The Bertz CT molecular complexity index is 1460. The molecule has 9 nitrogen and oxygen atoms in total. The van der Waals surface area contributed by atoms with Crippen molar-refractivity contribution in [2.45, 2.75) is 46.3 Å². The normalized spacial score (nSPS) is 12.3. The first kappa shape index (κ1) is 27.1. The van der Waals surface area contributed by atoms with E-state index in [0.29, 0.717) is 30.1 Å². The number of ether oxygens (including phenoxy) is 2. The minimum Gasteiger partial charge on any atom is -0.461 e. The molecular weight excluding hydrogens is 525 g/mol. The maximum absolute atomic E-state index is 12.0. The molecule has 0 aliphatic heterocycles. The van der Waals surface area contributed by atoms with Gasteiger partial charge >= 0.3 is 5.97 Å². The highest BCUT2D eigenvalue weighted by Crippen LogP contribution is 2.28. The molecule has 4 aromatic rings. The van der Waals surface area contributed by atoms with Gasteiger partial charge in [-0.3, -0.25) is 4.57 Å². The van der Waals surface area contributed by atoms with Crippen LogP contribution in [0, 0.1) is 6.92 Å². The number of aromatic nitrogens is 4. The average Bonchev–Trinajstić information content (AvgIpc) is 3.47. The fourth-order valence-corrected chi connectivity index (χ4v) is 5.95. The number of hydrogen-bond donors (Lipinski definition) is 0. The van der Waals surface area contributed by atoms with E-state index in [9.17, 15) is 4.79 Å². The van der Waals surface area contributed by atoms with Gasteiger partial charge in [0.2, 0.25) is 0 Å². The molecule has 0 aliphatic rings. The van der Waals surface area contributed by atoms with E-state index in [2.05, 4.69) is 51.5 Å². The minimum atomic E-state index is -1.17. The number of carbonyl (C=O) groups is 1. The minimum absolute atomic E-state index is 0.284. The van der Waals surface area contributed by atoms with Gasteiger partial charge in [-0.1, -0.05) is 43.1 Å². The molecule has 12 heteroatoms. The van der Waals surface area contributed by atoms with Gasteiger partial charge in [0.25, 0.3) is 0 Å². The van der Waals surface area contributed by atoms with Gasteiger partial charge in [0.15, 0.2) is 27.3 Å². The van der Waals surface area contributed by atoms with Gasteiger partial charge in [0.1, 0.15) is 6.73 Å². The summed E-state index contributed by atoms with van der Waals surface area (Å²) >= 11 is 2.95. The number of para-hydroxylation sites is 1. The summed E-state index contributed by atoms with van der Waals surface area (Å²) in [5.41, 5.74) is 2.25. The first-order valence-corrected chi connectivity index (χ1v) is 17.5. The van der Waals surface area contributed by atoms with E-state index >= 15 is 0 Å². The molecule has 0 saturated carbocycles. The summed E-state index contributed by atoms with van der Waals surface area (Å²) in [6.07, 6.45) is 0. The Morgan fingerprint density at radius 1 is 1.22 bits per heavy atom. The molecule has 3 heterocycles. The molecule has 0 bridgehead atoms. The maximum atomic E-state index is 12.0. The van der Waals surface area contributed by atoms with Crippen LogP contribution in [0.3, 0.4) is 0 Å². The zero-order valence-electron chi connectivity index (χ0n) is 22.0. The fourth-order valence-electron chi connectivity index (χ4n) is 3.41. The maximum Gasteiger partial charge on any atom is 0.357 e. The van der Waals surface area contributed by atoms with Crippen LogP contribution in [0.4, 0.5) is 16.8 Å². The van der Waals surface area contributed by atoms with E-state index < -0.39 is 14.0 Å². The van der Waals surface area contributed by atoms with Crippen LogP contribution in [0.2, 0.25) is 25.7 Å². The zero-order valence-corrected chi connectivity index (χ0v) is 24.7. The summed E-state index contributed by atoms with van der Waals surface area (Å²) in [7, 11) is 0.673. The highest BCUT2D eigenvalue weighted by atomic mass is 32.1. The van der Waals surface area contributed by atoms with Crippen LogP contribution < -0.4 is 9.70 Å². The third-order valence-electron chi connectivity index (χ3n) is 5.56. The predicted molar refractivity (Wildman–Crippen MR) is 152 cm³/mol. The van der Waals surface area contributed by atoms with Crippen molar-refractivity contribution in [3.63, 3.8) is 0 Å². The van der Waals surface area contributed by atoms with Gasteiger partial charge in [-0.2, -0.15) is 4.99 Å². The van der Waals surface area contributed by atoms with Crippen LogP contribution in [0.25, 0.3) is 10.2 Å². The Balaban J connectivity index is 1.59. The van der Waals surface area contributed by atoms with Gasteiger partial charge in [0, 0.05) is 27.1 Å². The number of esters is 1. The smallest absolute Gasteiger partial charge is 0.357 e. The van der Waals surface area contributed by atoms with Crippen LogP contribution in [0.5, 0.6) is 0 Å². The highest BCUT2D eigenvalue weighted by molar-refractivity contribution is 7.16. The number of nitrogens with zero attached hydrogens (tertiary/aromatic N) is 6. The second-order valence-corrected chi connectivity index (χ2v) is 17.2. The lowest BCUT2D eigenvalue weighted by Crippen LogP contribution is -2.23. The molecule has 0 amide bonds. The van der Waals surface area contributed by atoms with Crippen molar-refractivity contribution in [2.24, 2.45) is 4.99 Å². The lowest BCUT2D eigenvalue weighted by atomic mass is 10.3. The van der Waals surface area contributed by atoms with Crippen molar-refractivity contribution < 1.29 is 14.3 Å². The molecular formula is C25H32N6O3S2Si. The monoisotopic (exact) mass is 556 g/mol. The third-order valence-corrected chi connectivity index (χ3v) is 9.24. The first-order chi connectivity index (χ1) is 17.7. The summed E-state index contributed by atoms with van der Waals surface area (Å²) in [5.74, 6) is 0.724. The standard InChI is InChI=1S/C25H32N6O3S2Si/c1-7-34-23(32)18-15-35-24(26-18)30(3)21-14-17(2)22(29-28-21)27-25-31(16-33-12-13-37(4,5)6)19-10-8-9-11-20(19)36-25/h8-11,14-15H,7,12-13,16H2,1-6H3/b27-25-. The molecule has 0 spiro atoms. The molecule has 0 radical (unpaired) electrons. The van der Waals surface area contributed by atoms with Crippen molar-refractivity contribution in [2.75, 3.05) is 25.2 Å². The van der Waals surface area contributed by atoms with E-state index in [1.165, 1.54) is 11.3 Å². The molecule has 1 aromatic carbocycles. The molecule has 0 aliphatic carbocycles. The lowest BCUT2D eigenvalue weighted by Gasteiger charge is -2.16. The summed E-state index contributed by atoms with van der Waals surface area (Å²) in [6.45, 7) is 12.3. The first-order valence-electron chi connectivity index (χ1n) is 12.1. The van der Waals surface area contributed by atoms with Gasteiger partial charge in [-0.25, -0.2) is 9.78 Å². The van der Waals surface area contributed by atoms with Crippen molar-refractivity contribution in [3.05, 3.63) is 51.8 Å². The van der Waals surface area contributed by atoms with Gasteiger partial charge in [-0.15, -0.1) is 21.5 Å². The summed E-state index contributed by atoms with van der Waals surface area (Å²) in [4.78, 5) is 23.8. The zero-order chi connectivity index (χ0) is 26.6. The number of anilines is 2. The number of benzene rings is 1. The third kappa shape index (κ3) is 6.69. The van der Waals surface area contributed by atoms with Crippen LogP contribution in [-0.4, -0.2) is 54.1 Å². The molecule has 0 fully saturated rings. The van der Waals surface area contributed by atoms with E-state index in [1.807, 2.05) is 32.2 Å². The molecule has 3 aromatic heterocycles.